The van der Waals surface area contributed by atoms with Gasteiger partial charge >= 0.3 is 11.6 Å². The number of thioether (sulfide) groups is 1. The van der Waals surface area contributed by atoms with Crippen molar-refractivity contribution in [3.8, 4) is 0 Å². The predicted octanol–water partition coefficient (Wildman–Crippen LogP) is 3.93. The molecule has 134 valence electrons. The van der Waals surface area contributed by atoms with E-state index in [1.807, 2.05) is 19.9 Å². The van der Waals surface area contributed by atoms with Gasteiger partial charge in [0.15, 0.2) is 10.9 Å². The Morgan fingerprint density at radius 1 is 1.27 bits per heavy atom. The molecule has 0 aliphatic heterocycles. The summed E-state index contributed by atoms with van der Waals surface area (Å²) in [6, 6.07) is 5.02. The first-order chi connectivity index (χ1) is 12.4. The Kier molecular flexibility index (Phi) is 5.29. The van der Waals surface area contributed by atoms with Crippen LogP contribution < -0.4 is 5.63 Å². The van der Waals surface area contributed by atoms with E-state index in [0.29, 0.717) is 16.3 Å². The molecule has 2 aromatic heterocycles. The standard InChI is InChI=1S/C18H15ClN2O4S/c1-9-4-12-11(6-15(22)25-14(12)5-10(9)2)8-24-17(23)16-13(19)7-20-18(21-16)26-3/h4-7H,8H2,1-3H3. The number of fused-ring (bicyclic) bond motifs is 1. The van der Waals surface area contributed by atoms with Gasteiger partial charge in [-0.15, -0.1) is 0 Å². The molecule has 0 unspecified atom stereocenters. The number of hydrogen-bond acceptors (Lipinski definition) is 7. The second-order valence-electron chi connectivity index (χ2n) is 5.65. The molecule has 0 aliphatic rings. The molecule has 0 N–H and O–H groups in total. The third-order valence-electron chi connectivity index (χ3n) is 3.90. The van der Waals surface area contributed by atoms with E-state index in [2.05, 4.69) is 9.97 Å². The summed E-state index contributed by atoms with van der Waals surface area (Å²) in [6.07, 6.45) is 3.15. The van der Waals surface area contributed by atoms with Crippen LogP contribution in [0.3, 0.4) is 0 Å². The van der Waals surface area contributed by atoms with E-state index in [0.717, 1.165) is 16.5 Å². The lowest BCUT2D eigenvalue weighted by Crippen LogP contribution is -2.11. The molecule has 1 aromatic carbocycles. The number of rotatable bonds is 4. The summed E-state index contributed by atoms with van der Waals surface area (Å²) in [6.45, 7) is 3.79. The monoisotopic (exact) mass is 390 g/mol. The van der Waals surface area contributed by atoms with E-state index in [9.17, 15) is 9.59 Å². The molecular formula is C18H15ClN2O4S. The topological polar surface area (TPSA) is 82.3 Å². The zero-order valence-electron chi connectivity index (χ0n) is 14.3. The summed E-state index contributed by atoms with van der Waals surface area (Å²) in [5.41, 5.74) is 2.55. The Hall–Kier alpha value is -2.38. The Bertz CT molecular complexity index is 1060. The molecule has 26 heavy (non-hydrogen) atoms. The minimum atomic E-state index is -0.682. The predicted molar refractivity (Wildman–Crippen MR) is 99.9 cm³/mol. The molecule has 0 bridgehead atoms. The average Bonchev–Trinajstić information content (AvgIpc) is 2.61. The number of aromatic nitrogens is 2. The summed E-state index contributed by atoms with van der Waals surface area (Å²) in [7, 11) is 0. The van der Waals surface area contributed by atoms with Gasteiger partial charge in [-0.2, -0.15) is 0 Å². The van der Waals surface area contributed by atoms with Crippen molar-refractivity contribution in [2.75, 3.05) is 6.26 Å². The van der Waals surface area contributed by atoms with E-state index in [1.165, 1.54) is 24.0 Å². The number of halogens is 1. The number of benzene rings is 1. The van der Waals surface area contributed by atoms with Crippen molar-refractivity contribution >= 4 is 40.3 Å². The van der Waals surface area contributed by atoms with Crippen LogP contribution in [0.2, 0.25) is 5.02 Å². The molecule has 3 aromatic rings. The average molecular weight is 391 g/mol. The first kappa shape index (κ1) is 18.4. The van der Waals surface area contributed by atoms with Gasteiger partial charge < -0.3 is 9.15 Å². The van der Waals surface area contributed by atoms with E-state index in [-0.39, 0.29) is 17.3 Å². The van der Waals surface area contributed by atoms with Gasteiger partial charge in [0.2, 0.25) is 0 Å². The summed E-state index contributed by atoms with van der Waals surface area (Å²) < 4.78 is 10.6. The smallest absolute Gasteiger partial charge is 0.358 e. The maximum atomic E-state index is 12.3. The van der Waals surface area contributed by atoms with Crippen LogP contribution in [-0.4, -0.2) is 22.2 Å². The lowest BCUT2D eigenvalue weighted by atomic mass is 10.0. The van der Waals surface area contributed by atoms with Gasteiger partial charge in [-0.05, 0) is 43.4 Å². The van der Waals surface area contributed by atoms with Crippen LogP contribution in [0, 0.1) is 13.8 Å². The van der Waals surface area contributed by atoms with Crippen LogP contribution in [-0.2, 0) is 11.3 Å². The Labute approximate surface area is 158 Å². The fourth-order valence-electron chi connectivity index (χ4n) is 2.41. The Balaban J connectivity index is 1.91. The highest BCUT2D eigenvalue weighted by molar-refractivity contribution is 7.98. The maximum Gasteiger partial charge on any atom is 0.358 e. The molecule has 0 saturated carbocycles. The van der Waals surface area contributed by atoms with Crippen molar-refractivity contribution in [1.82, 2.24) is 9.97 Å². The minimum Gasteiger partial charge on any atom is -0.456 e. The summed E-state index contributed by atoms with van der Waals surface area (Å²) in [5.74, 6) is -0.682. The SMILES string of the molecule is CSc1ncc(Cl)c(C(=O)OCc2cc(=O)oc3cc(C)c(C)cc23)n1. The quantitative estimate of drug-likeness (QED) is 0.289. The number of carbonyl (C=O) groups is 1. The first-order valence-corrected chi connectivity index (χ1v) is 9.27. The van der Waals surface area contributed by atoms with Crippen LogP contribution in [0.25, 0.3) is 11.0 Å². The molecule has 3 rings (SSSR count). The molecule has 0 radical (unpaired) electrons. The molecular weight excluding hydrogens is 376 g/mol. The zero-order valence-corrected chi connectivity index (χ0v) is 15.9. The second kappa shape index (κ2) is 7.47. The molecule has 0 saturated heterocycles. The molecule has 0 atom stereocenters. The fourth-order valence-corrected chi connectivity index (χ4v) is 2.92. The van der Waals surface area contributed by atoms with E-state index in [1.54, 1.807) is 12.3 Å². The maximum absolute atomic E-state index is 12.3. The Morgan fingerprint density at radius 3 is 2.73 bits per heavy atom. The second-order valence-corrected chi connectivity index (χ2v) is 6.83. The van der Waals surface area contributed by atoms with Crippen LogP contribution in [0.15, 0.2) is 38.8 Å². The van der Waals surface area contributed by atoms with Gasteiger partial charge in [0.25, 0.3) is 0 Å². The highest BCUT2D eigenvalue weighted by Crippen LogP contribution is 2.23. The van der Waals surface area contributed by atoms with Crippen molar-refractivity contribution in [3.63, 3.8) is 0 Å². The Morgan fingerprint density at radius 2 is 2.00 bits per heavy atom. The van der Waals surface area contributed by atoms with E-state index >= 15 is 0 Å². The van der Waals surface area contributed by atoms with Crippen LogP contribution in [0.1, 0.15) is 27.2 Å². The molecule has 2 heterocycles. The number of carbonyl (C=O) groups excluding carboxylic acids is 1. The van der Waals surface area contributed by atoms with Gasteiger partial charge in [-0.3, -0.25) is 0 Å². The van der Waals surface area contributed by atoms with Crippen molar-refractivity contribution in [2.45, 2.75) is 25.6 Å². The zero-order chi connectivity index (χ0) is 18.8. The third kappa shape index (κ3) is 3.73. The van der Waals surface area contributed by atoms with E-state index < -0.39 is 11.6 Å². The molecule has 0 spiro atoms. The van der Waals surface area contributed by atoms with Crippen LogP contribution in [0.5, 0.6) is 0 Å². The summed E-state index contributed by atoms with van der Waals surface area (Å²) in [4.78, 5) is 32.2. The highest BCUT2D eigenvalue weighted by atomic mass is 35.5. The third-order valence-corrected chi connectivity index (χ3v) is 4.74. The largest absolute Gasteiger partial charge is 0.456 e. The number of ether oxygens (including phenoxy) is 1. The number of hydrogen-bond donors (Lipinski definition) is 0. The van der Waals surface area contributed by atoms with Gasteiger partial charge in [0, 0.05) is 17.0 Å². The van der Waals surface area contributed by atoms with Gasteiger partial charge in [0.1, 0.15) is 12.2 Å². The van der Waals surface area contributed by atoms with E-state index in [4.69, 9.17) is 20.8 Å². The molecule has 0 amide bonds. The van der Waals surface area contributed by atoms with Crippen LogP contribution in [0.4, 0.5) is 0 Å². The molecule has 0 aliphatic carbocycles. The number of esters is 1. The van der Waals surface area contributed by atoms with Crippen molar-refractivity contribution in [2.24, 2.45) is 0 Å². The molecule has 8 heteroatoms. The van der Waals surface area contributed by atoms with Gasteiger partial charge in [-0.1, -0.05) is 23.4 Å². The molecule has 6 nitrogen and oxygen atoms in total. The number of nitrogens with zero attached hydrogens (tertiary/aromatic N) is 2. The van der Waals surface area contributed by atoms with Crippen LogP contribution >= 0.6 is 23.4 Å². The lowest BCUT2D eigenvalue weighted by Gasteiger charge is -2.09. The van der Waals surface area contributed by atoms with Gasteiger partial charge in [0.05, 0.1) is 11.2 Å². The summed E-state index contributed by atoms with van der Waals surface area (Å²) in [5, 5.41) is 1.24. The normalized spacial score (nSPS) is 10.9. The minimum absolute atomic E-state index is 0.00897. The summed E-state index contributed by atoms with van der Waals surface area (Å²) >= 11 is 7.28. The molecule has 0 fully saturated rings. The van der Waals surface area contributed by atoms with Crippen molar-refractivity contribution < 1.29 is 13.9 Å². The first-order valence-electron chi connectivity index (χ1n) is 7.66. The fraction of sp³-hybridized carbons (Fsp3) is 0.222. The number of aryl methyl sites for hydroxylation is 2. The van der Waals surface area contributed by atoms with Crippen molar-refractivity contribution in [1.29, 1.82) is 0 Å². The van der Waals surface area contributed by atoms with Gasteiger partial charge in [-0.25, -0.2) is 19.6 Å². The highest BCUT2D eigenvalue weighted by Gasteiger charge is 2.17. The van der Waals surface area contributed by atoms with Crippen molar-refractivity contribution in [3.05, 3.63) is 62.2 Å². The lowest BCUT2D eigenvalue weighted by molar-refractivity contribution is 0.0466.